The monoisotopic (exact) mass is 269 g/mol. The molecule has 17 heavy (non-hydrogen) atoms. The highest BCUT2D eigenvalue weighted by atomic mass is 32.2. The van der Waals surface area contributed by atoms with Gasteiger partial charge >= 0.3 is 0 Å². The third kappa shape index (κ3) is 3.45. The van der Waals surface area contributed by atoms with E-state index < -0.39 is 29.1 Å². The molecule has 0 aromatic carbocycles. The van der Waals surface area contributed by atoms with E-state index in [1.165, 1.54) is 10.8 Å². The van der Waals surface area contributed by atoms with Gasteiger partial charge in [-0.05, 0) is 6.92 Å². The third-order valence-corrected chi connectivity index (χ3v) is 3.43. The number of nitrogens with one attached hydrogen (secondary N) is 1. The summed E-state index contributed by atoms with van der Waals surface area (Å²) in [6.07, 6.45) is -3.77. The summed E-state index contributed by atoms with van der Waals surface area (Å²) >= 11 is 0. The summed E-state index contributed by atoms with van der Waals surface area (Å²) in [5.41, 5.74) is 0. The highest BCUT2D eigenvalue weighted by molar-refractivity contribution is 7.89. The summed E-state index contributed by atoms with van der Waals surface area (Å²) in [5.74, 6) is 0.472. The van der Waals surface area contributed by atoms with Gasteiger partial charge in [-0.1, -0.05) is 0 Å². The van der Waals surface area contributed by atoms with Crippen molar-refractivity contribution >= 4 is 10.0 Å². The van der Waals surface area contributed by atoms with Gasteiger partial charge in [-0.2, -0.15) is 0 Å². The van der Waals surface area contributed by atoms with Crippen molar-refractivity contribution in [1.29, 1.82) is 0 Å². The molecular weight excluding hydrogens is 256 g/mol. The molecule has 0 fully saturated rings. The second-order valence-electron chi connectivity index (χ2n) is 3.49. The molecule has 2 N–H and O–H groups in total. The molecule has 0 aliphatic carbocycles. The molecule has 0 bridgehead atoms. The lowest BCUT2D eigenvalue weighted by Crippen LogP contribution is -2.36. The predicted molar refractivity (Wildman–Crippen MR) is 55.1 cm³/mol. The molecule has 1 atom stereocenters. The summed E-state index contributed by atoms with van der Waals surface area (Å²) in [6, 6.07) is 0. The van der Waals surface area contributed by atoms with Crippen LogP contribution in [-0.2, 0) is 17.1 Å². The molecule has 9 heteroatoms. The minimum Gasteiger partial charge on any atom is -0.386 e. The molecule has 0 saturated heterocycles. The van der Waals surface area contributed by atoms with Crippen molar-refractivity contribution in [3.05, 3.63) is 12.0 Å². The van der Waals surface area contributed by atoms with Crippen molar-refractivity contribution in [2.75, 3.05) is 6.54 Å². The molecular formula is C8H13F2N3O3S. The van der Waals surface area contributed by atoms with E-state index in [0.717, 1.165) is 0 Å². The van der Waals surface area contributed by atoms with Crippen LogP contribution in [0, 0.1) is 6.92 Å². The van der Waals surface area contributed by atoms with Crippen LogP contribution in [0.3, 0.4) is 0 Å². The van der Waals surface area contributed by atoms with E-state index >= 15 is 0 Å². The molecule has 0 spiro atoms. The fourth-order valence-electron chi connectivity index (χ4n) is 1.01. The number of rotatable bonds is 5. The lowest BCUT2D eigenvalue weighted by Gasteiger charge is -2.09. The highest BCUT2D eigenvalue weighted by Crippen LogP contribution is 2.08. The first-order chi connectivity index (χ1) is 7.74. The zero-order chi connectivity index (χ0) is 13.2. The molecule has 0 aliphatic heterocycles. The van der Waals surface area contributed by atoms with Crippen molar-refractivity contribution in [2.45, 2.75) is 24.5 Å². The van der Waals surface area contributed by atoms with E-state index in [9.17, 15) is 17.2 Å². The van der Waals surface area contributed by atoms with Gasteiger partial charge in [-0.25, -0.2) is 26.9 Å². The third-order valence-electron chi connectivity index (χ3n) is 2.14. The van der Waals surface area contributed by atoms with Gasteiger partial charge in [0.1, 0.15) is 11.9 Å². The smallest absolute Gasteiger partial charge is 0.265 e. The molecule has 1 rings (SSSR count). The molecule has 0 aliphatic rings. The summed E-state index contributed by atoms with van der Waals surface area (Å²) in [5, 5.41) is 8.53. The summed E-state index contributed by atoms with van der Waals surface area (Å²) in [6.45, 7) is 0.850. The number of alkyl halides is 2. The zero-order valence-electron chi connectivity index (χ0n) is 9.26. The Hall–Kier alpha value is -1.06. The number of hydrogen-bond acceptors (Lipinski definition) is 4. The molecule has 1 heterocycles. The molecule has 6 nitrogen and oxygen atoms in total. The first kappa shape index (κ1) is 14.0. The Kier molecular flexibility index (Phi) is 4.17. The number of aromatic nitrogens is 2. The van der Waals surface area contributed by atoms with Gasteiger partial charge in [-0.3, -0.25) is 0 Å². The topological polar surface area (TPSA) is 84.2 Å². The Bertz CT molecular complexity index is 467. The highest BCUT2D eigenvalue weighted by Gasteiger charge is 2.23. The zero-order valence-corrected chi connectivity index (χ0v) is 10.1. The quantitative estimate of drug-likeness (QED) is 0.764. The van der Waals surface area contributed by atoms with E-state index in [2.05, 4.69) is 4.98 Å². The fraction of sp³-hybridized carbons (Fsp3) is 0.625. The molecule has 98 valence electrons. The lowest BCUT2D eigenvalue weighted by atomic mass is 10.4. The maximum Gasteiger partial charge on any atom is 0.265 e. The van der Waals surface area contributed by atoms with Crippen molar-refractivity contribution in [2.24, 2.45) is 7.05 Å². The van der Waals surface area contributed by atoms with Crippen LogP contribution in [0.4, 0.5) is 8.78 Å². The fourth-order valence-corrected chi connectivity index (χ4v) is 2.10. The molecule has 0 saturated carbocycles. The van der Waals surface area contributed by atoms with Crippen molar-refractivity contribution in [3.8, 4) is 0 Å². The Balaban J connectivity index is 2.76. The van der Waals surface area contributed by atoms with Gasteiger partial charge in [0.05, 0.1) is 0 Å². The van der Waals surface area contributed by atoms with Gasteiger partial charge in [0.2, 0.25) is 0 Å². The van der Waals surface area contributed by atoms with Crippen molar-refractivity contribution in [1.82, 2.24) is 14.3 Å². The Morgan fingerprint density at radius 1 is 1.59 bits per heavy atom. The number of halogens is 2. The van der Waals surface area contributed by atoms with E-state index in [1.807, 2.05) is 4.72 Å². The number of aryl methyl sites for hydroxylation is 2. The van der Waals surface area contributed by atoms with Gasteiger partial charge in [0.15, 0.2) is 5.03 Å². The number of aliphatic hydroxyl groups is 1. The summed E-state index contributed by atoms with van der Waals surface area (Å²) in [4.78, 5) is 3.75. The minimum absolute atomic E-state index is 0.265. The minimum atomic E-state index is -3.97. The Labute approximate surface area is 97.3 Å². The van der Waals surface area contributed by atoms with Crippen LogP contribution in [-0.4, -0.2) is 42.1 Å². The normalized spacial score (nSPS) is 14.2. The van der Waals surface area contributed by atoms with Gasteiger partial charge < -0.3 is 9.67 Å². The van der Waals surface area contributed by atoms with Gasteiger partial charge in [-0.15, -0.1) is 0 Å². The van der Waals surface area contributed by atoms with E-state index in [4.69, 9.17) is 5.11 Å². The maximum atomic E-state index is 12.0. The summed E-state index contributed by atoms with van der Waals surface area (Å²) < 4.78 is 50.5. The number of sulfonamides is 1. The summed E-state index contributed by atoms with van der Waals surface area (Å²) in [7, 11) is -2.36. The first-order valence-corrected chi connectivity index (χ1v) is 6.18. The van der Waals surface area contributed by atoms with Crippen LogP contribution in [0.25, 0.3) is 0 Å². The molecule has 1 aromatic rings. The predicted octanol–water partition coefficient (Wildman–Crippen LogP) is -0.367. The van der Waals surface area contributed by atoms with Crippen LogP contribution in [0.1, 0.15) is 5.82 Å². The number of hydrogen-bond donors (Lipinski definition) is 2. The number of nitrogens with zero attached hydrogens (tertiary/aromatic N) is 2. The lowest BCUT2D eigenvalue weighted by molar-refractivity contribution is -0.000458. The maximum absolute atomic E-state index is 12.0. The Morgan fingerprint density at radius 2 is 2.18 bits per heavy atom. The molecule has 1 unspecified atom stereocenters. The molecule has 1 aromatic heterocycles. The molecule has 0 radical (unpaired) electrons. The largest absolute Gasteiger partial charge is 0.386 e. The van der Waals surface area contributed by atoms with Crippen LogP contribution in [0.2, 0.25) is 0 Å². The number of aliphatic hydroxyl groups excluding tert-OH is 1. The van der Waals surface area contributed by atoms with Crippen LogP contribution < -0.4 is 4.72 Å². The molecule has 0 amide bonds. The first-order valence-electron chi connectivity index (χ1n) is 4.70. The van der Waals surface area contributed by atoms with Crippen LogP contribution in [0.5, 0.6) is 0 Å². The second-order valence-corrected chi connectivity index (χ2v) is 5.20. The van der Waals surface area contributed by atoms with Crippen LogP contribution >= 0.6 is 0 Å². The van der Waals surface area contributed by atoms with Crippen LogP contribution in [0.15, 0.2) is 11.2 Å². The van der Waals surface area contributed by atoms with Gasteiger partial charge in [0, 0.05) is 19.8 Å². The van der Waals surface area contributed by atoms with Crippen molar-refractivity contribution in [3.63, 3.8) is 0 Å². The number of imidazole rings is 1. The average Bonchev–Trinajstić information content (AvgIpc) is 2.56. The van der Waals surface area contributed by atoms with E-state index in [-0.39, 0.29) is 5.03 Å². The van der Waals surface area contributed by atoms with E-state index in [0.29, 0.717) is 5.82 Å². The second kappa shape index (κ2) is 5.07. The standard InChI is InChI=1S/C8H13F2N3O3S/c1-5-12-7(4-13(5)2)17(15,16)11-3-6(14)8(9)10/h4,6,8,11,14H,3H2,1-2H3. The average molecular weight is 269 g/mol. The van der Waals surface area contributed by atoms with Gasteiger partial charge in [0.25, 0.3) is 16.4 Å². The Morgan fingerprint density at radius 3 is 2.59 bits per heavy atom. The van der Waals surface area contributed by atoms with Crippen molar-refractivity contribution < 1.29 is 22.3 Å². The van der Waals surface area contributed by atoms with E-state index in [1.54, 1.807) is 14.0 Å². The SMILES string of the molecule is Cc1nc(S(=O)(=O)NCC(O)C(F)F)cn1C.